The Morgan fingerprint density at radius 1 is 1.00 bits per heavy atom. The van der Waals surface area contributed by atoms with E-state index in [1.807, 2.05) is 61.5 Å². The highest BCUT2D eigenvalue weighted by Gasteiger charge is 2.30. The Morgan fingerprint density at radius 3 is 2.25 bits per heavy atom. The minimum absolute atomic E-state index is 0.0910. The van der Waals surface area contributed by atoms with Crippen molar-refractivity contribution in [2.75, 3.05) is 12.4 Å². The number of anilines is 1. The summed E-state index contributed by atoms with van der Waals surface area (Å²) in [7, 11) is 2.96. The standard InChI is InChI=1S/C29H26N4O3/c1-19(24(20-12-6-4-7-13-20)23-17-11-10-14-21(23)18-30)27-32-25(26(36-3)29(35)33(27)2)28(34)31-22-15-8-5-9-16-22/h4-17,19,24H,1-3H3,(H,31,34). The van der Waals surface area contributed by atoms with Gasteiger partial charge < -0.3 is 10.1 Å². The fourth-order valence-corrected chi connectivity index (χ4v) is 4.47. The molecule has 0 bridgehead atoms. The molecule has 1 heterocycles. The zero-order chi connectivity index (χ0) is 25.7. The van der Waals surface area contributed by atoms with Crippen LogP contribution in [-0.4, -0.2) is 22.6 Å². The van der Waals surface area contributed by atoms with Gasteiger partial charge in [0.05, 0.1) is 18.7 Å². The molecule has 0 aliphatic carbocycles. The third-order valence-electron chi connectivity index (χ3n) is 6.22. The van der Waals surface area contributed by atoms with Crippen LogP contribution in [0.15, 0.2) is 89.7 Å². The minimum Gasteiger partial charge on any atom is -0.489 e. The Labute approximate surface area is 209 Å². The highest BCUT2D eigenvalue weighted by molar-refractivity contribution is 6.04. The van der Waals surface area contributed by atoms with Crippen molar-refractivity contribution in [1.29, 1.82) is 5.26 Å². The predicted molar refractivity (Wildman–Crippen MR) is 138 cm³/mol. The lowest BCUT2D eigenvalue weighted by molar-refractivity contribution is 0.101. The summed E-state index contributed by atoms with van der Waals surface area (Å²) >= 11 is 0. The van der Waals surface area contributed by atoms with Crippen molar-refractivity contribution in [1.82, 2.24) is 9.55 Å². The lowest BCUT2D eigenvalue weighted by atomic mass is 9.79. The van der Waals surface area contributed by atoms with Crippen LogP contribution < -0.4 is 15.6 Å². The predicted octanol–water partition coefficient (Wildman–Crippen LogP) is 4.85. The molecular weight excluding hydrogens is 452 g/mol. The maximum absolute atomic E-state index is 13.3. The third kappa shape index (κ3) is 4.75. The van der Waals surface area contributed by atoms with Gasteiger partial charge >= 0.3 is 0 Å². The van der Waals surface area contributed by atoms with Gasteiger partial charge in [-0.25, -0.2) is 4.98 Å². The van der Waals surface area contributed by atoms with E-state index < -0.39 is 11.5 Å². The monoisotopic (exact) mass is 478 g/mol. The van der Waals surface area contributed by atoms with Crippen LogP contribution in [0.5, 0.6) is 5.75 Å². The number of hydrogen-bond acceptors (Lipinski definition) is 5. The van der Waals surface area contributed by atoms with Crippen LogP contribution in [0.25, 0.3) is 0 Å². The SMILES string of the molecule is COc1c(C(=O)Nc2ccccc2)nc(C(C)C(c2ccccc2)c2ccccc2C#N)n(C)c1=O. The topological polar surface area (TPSA) is 97.0 Å². The molecule has 0 aliphatic rings. The molecule has 4 aromatic rings. The van der Waals surface area contributed by atoms with Crippen molar-refractivity contribution in [3.05, 3.63) is 123 Å². The Hall–Kier alpha value is -4.70. The molecule has 0 saturated heterocycles. The molecule has 2 unspecified atom stereocenters. The molecule has 0 fully saturated rings. The molecule has 0 spiro atoms. The molecule has 0 saturated carbocycles. The van der Waals surface area contributed by atoms with Gasteiger partial charge in [0.2, 0.25) is 5.75 Å². The Balaban J connectivity index is 1.87. The second-order valence-electron chi connectivity index (χ2n) is 8.41. The number of nitrogens with zero attached hydrogens (tertiary/aromatic N) is 3. The molecule has 0 aliphatic heterocycles. The zero-order valence-corrected chi connectivity index (χ0v) is 20.3. The summed E-state index contributed by atoms with van der Waals surface area (Å²) in [5.41, 5.74) is 2.34. The van der Waals surface area contributed by atoms with Crippen molar-refractivity contribution < 1.29 is 9.53 Å². The molecule has 2 atom stereocenters. The summed E-state index contributed by atoms with van der Waals surface area (Å²) in [6.07, 6.45) is 0. The van der Waals surface area contributed by atoms with E-state index in [1.54, 1.807) is 37.4 Å². The summed E-state index contributed by atoms with van der Waals surface area (Å²) in [4.78, 5) is 31.2. The van der Waals surface area contributed by atoms with Crippen molar-refractivity contribution in [2.24, 2.45) is 7.05 Å². The van der Waals surface area contributed by atoms with E-state index in [2.05, 4.69) is 16.4 Å². The van der Waals surface area contributed by atoms with E-state index in [4.69, 9.17) is 4.74 Å². The number of aromatic nitrogens is 2. The van der Waals surface area contributed by atoms with Gasteiger partial charge in [0.1, 0.15) is 5.82 Å². The van der Waals surface area contributed by atoms with Crippen LogP contribution in [0.1, 0.15) is 51.8 Å². The molecule has 7 heteroatoms. The van der Waals surface area contributed by atoms with Crippen molar-refractivity contribution in [3.8, 4) is 11.8 Å². The number of rotatable bonds is 7. The number of ether oxygens (including phenoxy) is 1. The molecule has 7 nitrogen and oxygen atoms in total. The number of nitriles is 1. The molecule has 36 heavy (non-hydrogen) atoms. The average Bonchev–Trinajstić information content (AvgIpc) is 2.91. The number of benzene rings is 3. The molecular formula is C29H26N4O3. The van der Waals surface area contributed by atoms with Crippen molar-refractivity contribution in [2.45, 2.75) is 18.8 Å². The second kappa shape index (κ2) is 10.7. The van der Waals surface area contributed by atoms with Gasteiger partial charge in [-0.15, -0.1) is 0 Å². The molecule has 180 valence electrons. The van der Waals surface area contributed by atoms with Crippen LogP contribution in [0.2, 0.25) is 0 Å². The van der Waals surface area contributed by atoms with E-state index in [0.29, 0.717) is 17.1 Å². The fourth-order valence-electron chi connectivity index (χ4n) is 4.47. The van der Waals surface area contributed by atoms with Crippen LogP contribution in [0.3, 0.4) is 0 Å². The van der Waals surface area contributed by atoms with E-state index in [9.17, 15) is 14.9 Å². The first-order valence-electron chi connectivity index (χ1n) is 11.5. The highest BCUT2D eigenvalue weighted by atomic mass is 16.5. The zero-order valence-electron chi connectivity index (χ0n) is 20.3. The number of amides is 1. The summed E-state index contributed by atoms with van der Waals surface area (Å²) in [5.74, 6) is -0.929. The Morgan fingerprint density at radius 2 is 1.61 bits per heavy atom. The third-order valence-corrected chi connectivity index (χ3v) is 6.22. The van der Waals surface area contributed by atoms with Crippen molar-refractivity contribution >= 4 is 11.6 Å². The molecule has 1 N–H and O–H groups in total. The molecule has 1 aromatic heterocycles. The summed E-state index contributed by atoms with van der Waals surface area (Å²) < 4.78 is 6.73. The maximum atomic E-state index is 13.3. The minimum atomic E-state index is -0.544. The van der Waals surface area contributed by atoms with E-state index in [0.717, 1.165) is 11.1 Å². The lowest BCUT2D eigenvalue weighted by Crippen LogP contribution is -2.31. The number of carbonyl (C=O) groups is 1. The Kier molecular flexibility index (Phi) is 7.26. The van der Waals surface area contributed by atoms with Crippen LogP contribution in [-0.2, 0) is 7.05 Å². The first-order chi connectivity index (χ1) is 17.5. The number of para-hydroxylation sites is 1. The van der Waals surface area contributed by atoms with Gasteiger partial charge in [-0.05, 0) is 29.3 Å². The molecule has 1 amide bonds. The van der Waals surface area contributed by atoms with Gasteiger partial charge in [0.25, 0.3) is 11.5 Å². The largest absolute Gasteiger partial charge is 0.489 e. The number of methoxy groups -OCH3 is 1. The fraction of sp³-hybridized carbons (Fsp3) is 0.172. The molecule has 4 rings (SSSR count). The second-order valence-corrected chi connectivity index (χ2v) is 8.41. The van der Waals surface area contributed by atoms with E-state index in [-0.39, 0.29) is 23.3 Å². The van der Waals surface area contributed by atoms with Gasteiger partial charge in [-0.2, -0.15) is 5.26 Å². The number of hydrogen-bond donors (Lipinski definition) is 1. The normalized spacial score (nSPS) is 12.3. The number of carbonyl (C=O) groups excluding carboxylic acids is 1. The van der Waals surface area contributed by atoms with E-state index >= 15 is 0 Å². The van der Waals surface area contributed by atoms with E-state index in [1.165, 1.54) is 11.7 Å². The summed E-state index contributed by atoms with van der Waals surface area (Å²) in [6.45, 7) is 1.94. The van der Waals surface area contributed by atoms with Crippen LogP contribution in [0, 0.1) is 11.3 Å². The quantitative estimate of drug-likeness (QED) is 0.410. The summed E-state index contributed by atoms with van der Waals surface area (Å²) in [5, 5.41) is 12.6. The molecule has 3 aromatic carbocycles. The van der Waals surface area contributed by atoms with Gasteiger partial charge in [-0.3, -0.25) is 14.2 Å². The van der Waals surface area contributed by atoms with Gasteiger partial charge in [0.15, 0.2) is 5.69 Å². The first kappa shape index (κ1) is 24.4. The average molecular weight is 479 g/mol. The van der Waals surface area contributed by atoms with Crippen LogP contribution >= 0.6 is 0 Å². The summed E-state index contributed by atoms with van der Waals surface area (Å²) in [6, 6.07) is 28.4. The molecule has 0 radical (unpaired) electrons. The number of nitrogens with one attached hydrogen (secondary N) is 1. The van der Waals surface area contributed by atoms with Crippen LogP contribution in [0.4, 0.5) is 5.69 Å². The maximum Gasteiger partial charge on any atom is 0.296 e. The highest BCUT2D eigenvalue weighted by Crippen LogP contribution is 2.39. The smallest absolute Gasteiger partial charge is 0.296 e. The van der Waals surface area contributed by atoms with Gasteiger partial charge in [0, 0.05) is 24.6 Å². The van der Waals surface area contributed by atoms with Gasteiger partial charge in [-0.1, -0.05) is 73.7 Å². The van der Waals surface area contributed by atoms with Crippen molar-refractivity contribution in [3.63, 3.8) is 0 Å². The lowest BCUT2D eigenvalue weighted by Gasteiger charge is -2.27. The first-order valence-corrected chi connectivity index (χ1v) is 11.5. The Bertz CT molecular complexity index is 1470.